The van der Waals surface area contributed by atoms with Crippen LogP contribution in [0.2, 0.25) is 0 Å². The summed E-state index contributed by atoms with van der Waals surface area (Å²) < 4.78 is 53.3. The van der Waals surface area contributed by atoms with Crippen LogP contribution >= 0.6 is 0 Å². The Kier molecular flexibility index (Phi) is 5.01. The highest BCUT2D eigenvalue weighted by Crippen LogP contribution is 2.17. The molecule has 1 aromatic heterocycles. The van der Waals surface area contributed by atoms with Crippen LogP contribution in [0.15, 0.2) is 21.6 Å². The van der Waals surface area contributed by atoms with E-state index in [1.54, 1.807) is 13.1 Å². The highest BCUT2D eigenvalue weighted by Gasteiger charge is 2.32. The van der Waals surface area contributed by atoms with Crippen molar-refractivity contribution in [1.29, 1.82) is 0 Å². The molecule has 2 N–H and O–H groups in total. The SMILES string of the molecule is CNCc1ccc(S(=O)(=O)NCC(C)(C)S(C)(=O)=O)o1. The molecule has 0 saturated heterocycles. The summed E-state index contributed by atoms with van der Waals surface area (Å²) in [5.74, 6) is 0.482. The van der Waals surface area contributed by atoms with E-state index in [0.29, 0.717) is 12.3 Å². The van der Waals surface area contributed by atoms with Crippen molar-refractivity contribution >= 4 is 19.9 Å². The quantitative estimate of drug-likeness (QED) is 0.737. The summed E-state index contributed by atoms with van der Waals surface area (Å²) in [6.45, 7) is 3.10. The van der Waals surface area contributed by atoms with Gasteiger partial charge in [0.05, 0.1) is 11.3 Å². The van der Waals surface area contributed by atoms with Crippen LogP contribution in [0.4, 0.5) is 0 Å². The molecule has 0 fully saturated rings. The van der Waals surface area contributed by atoms with Crippen LogP contribution in [0.3, 0.4) is 0 Å². The van der Waals surface area contributed by atoms with Crippen LogP contribution < -0.4 is 10.0 Å². The first-order chi connectivity index (χ1) is 8.99. The predicted octanol–water partition coefficient (Wildman–Crippen LogP) is 0.101. The van der Waals surface area contributed by atoms with E-state index < -0.39 is 24.6 Å². The predicted molar refractivity (Wildman–Crippen MR) is 75.6 cm³/mol. The van der Waals surface area contributed by atoms with E-state index in [2.05, 4.69) is 10.0 Å². The highest BCUT2D eigenvalue weighted by molar-refractivity contribution is 7.92. The first kappa shape index (κ1) is 17.2. The Bertz CT molecular complexity index is 659. The second kappa shape index (κ2) is 5.84. The molecule has 1 heterocycles. The largest absolute Gasteiger partial charge is 0.447 e. The number of sulfonamides is 1. The van der Waals surface area contributed by atoms with Crippen molar-refractivity contribution in [3.8, 4) is 0 Å². The maximum atomic E-state index is 12.0. The number of hydrogen-bond acceptors (Lipinski definition) is 6. The third kappa shape index (κ3) is 4.05. The Morgan fingerprint density at radius 2 is 1.80 bits per heavy atom. The van der Waals surface area contributed by atoms with Crippen molar-refractivity contribution in [2.24, 2.45) is 0 Å². The average Bonchev–Trinajstić information content (AvgIpc) is 2.75. The van der Waals surface area contributed by atoms with Gasteiger partial charge in [-0.2, -0.15) is 0 Å². The highest BCUT2D eigenvalue weighted by atomic mass is 32.2. The average molecular weight is 324 g/mol. The molecule has 0 saturated carbocycles. The van der Waals surface area contributed by atoms with Crippen molar-refractivity contribution < 1.29 is 21.3 Å². The molecule has 0 atom stereocenters. The van der Waals surface area contributed by atoms with E-state index in [-0.39, 0.29) is 11.6 Å². The Morgan fingerprint density at radius 3 is 2.30 bits per heavy atom. The summed E-state index contributed by atoms with van der Waals surface area (Å²) in [5, 5.41) is 2.61. The lowest BCUT2D eigenvalue weighted by Gasteiger charge is -2.22. The zero-order valence-electron chi connectivity index (χ0n) is 11.9. The smallest absolute Gasteiger partial charge is 0.274 e. The van der Waals surface area contributed by atoms with Crippen LogP contribution in [0, 0.1) is 0 Å². The van der Waals surface area contributed by atoms with E-state index in [0.717, 1.165) is 6.26 Å². The molecule has 0 aliphatic carbocycles. The molecule has 0 bridgehead atoms. The number of rotatable bonds is 7. The minimum absolute atomic E-state index is 0.226. The molecule has 9 heteroatoms. The maximum absolute atomic E-state index is 12.0. The molecule has 0 spiro atoms. The molecule has 0 aliphatic rings. The Hall–Kier alpha value is -0.900. The van der Waals surface area contributed by atoms with E-state index in [1.165, 1.54) is 19.9 Å². The normalized spacial score (nSPS) is 13.6. The van der Waals surface area contributed by atoms with E-state index in [9.17, 15) is 16.8 Å². The van der Waals surface area contributed by atoms with Crippen molar-refractivity contribution in [3.05, 3.63) is 17.9 Å². The molecular formula is C11H20N2O5S2. The molecule has 0 amide bonds. The van der Waals surface area contributed by atoms with Crippen LogP contribution in [0.25, 0.3) is 0 Å². The van der Waals surface area contributed by atoms with Crippen molar-refractivity contribution in [2.75, 3.05) is 19.8 Å². The molecule has 7 nitrogen and oxygen atoms in total. The van der Waals surface area contributed by atoms with Gasteiger partial charge >= 0.3 is 0 Å². The summed E-state index contributed by atoms with van der Waals surface area (Å²) in [6.07, 6.45) is 1.07. The third-order valence-electron chi connectivity index (χ3n) is 2.94. The van der Waals surface area contributed by atoms with Crippen molar-refractivity contribution in [2.45, 2.75) is 30.2 Å². The molecule has 1 rings (SSSR count). The van der Waals surface area contributed by atoms with Gasteiger partial charge in [-0.3, -0.25) is 0 Å². The first-order valence-corrected chi connectivity index (χ1v) is 9.30. The topological polar surface area (TPSA) is 105 Å². The van der Waals surface area contributed by atoms with Gasteiger partial charge in [-0.25, -0.2) is 21.6 Å². The fraction of sp³-hybridized carbons (Fsp3) is 0.636. The van der Waals surface area contributed by atoms with Crippen LogP contribution in [-0.4, -0.2) is 41.4 Å². The standard InChI is InChI=1S/C11H20N2O5S2/c1-11(2,19(4,14)15)8-13-20(16,17)10-6-5-9(18-10)7-12-3/h5-6,12-13H,7-8H2,1-4H3. The van der Waals surface area contributed by atoms with Crippen LogP contribution in [-0.2, 0) is 26.4 Å². The van der Waals surface area contributed by atoms with Gasteiger partial charge in [-0.15, -0.1) is 0 Å². The summed E-state index contributed by atoms with van der Waals surface area (Å²) in [5.41, 5.74) is 0. The van der Waals surface area contributed by atoms with Gasteiger partial charge in [0.15, 0.2) is 9.84 Å². The number of nitrogens with one attached hydrogen (secondary N) is 2. The van der Waals surface area contributed by atoms with Gasteiger partial charge in [0, 0.05) is 12.8 Å². The zero-order valence-corrected chi connectivity index (χ0v) is 13.6. The molecule has 0 aromatic carbocycles. The number of hydrogen-bond donors (Lipinski definition) is 2. The van der Waals surface area contributed by atoms with E-state index in [4.69, 9.17) is 4.42 Å². The van der Waals surface area contributed by atoms with Gasteiger partial charge in [-0.05, 0) is 33.0 Å². The van der Waals surface area contributed by atoms with Gasteiger partial charge in [0.1, 0.15) is 5.76 Å². The van der Waals surface area contributed by atoms with Gasteiger partial charge in [-0.1, -0.05) is 0 Å². The van der Waals surface area contributed by atoms with E-state index >= 15 is 0 Å². The Balaban J connectivity index is 2.85. The minimum Gasteiger partial charge on any atom is -0.447 e. The fourth-order valence-corrected chi connectivity index (χ4v) is 2.83. The van der Waals surface area contributed by atoms with Crippen molar-refractivity contribution in [3.63, 3.8) is 0 Å². The monoisotopic (exact) mass is 324 g/mol. The molecule has 20 heavy (non-hydrogen) atoms. The maximum Gasteiger partial charge on any atom is 0.274 e. The lowest BCUT2D eigenvalue weighted by molar-refractivity contribution is 0.403. The number of sulfone groups is 1. The molecular weight excluding hydrogens is 304 g/mol. The lowest BCUT2D eigenvalue weighted by atomic mass is 10.2. The molecule has 0 unspecified atom stereocenters. The zero-order chi connectivity index (χ0) is 15.6. The summed E-state index contributed by atoms with van der Waals surface area (Å²) in [6, 6.07) is 2.88. The van der Waals surface area contributed by atoms with Gasteiger partial charge in [0.2, 0.25) is 5.09 Å². The fourth-order valence-electron chi connectivity index (χ4n) is 1.24. The van der Waals surface area contributed by atoms with Crippen LogP contribution in [0.5, 0.6) is 0 Å². The lowest BCUT2D eigenvalue weighted by Crippen LogP contribution is -2.43. The summed E-state index contributed by atoms with van der Waals surface area (Å²) in [7, 11) is -5.53. The summed E-state index contributed by atoms with van der Waals surface area (Å²) in [4.78, 5) is 0. The Morgan fingerprint density at radius 1 is 1.20 bits per heavy atom. The summed E-state index contributed by atoms with van der Waals surface area (Å²) >= 11 is 0. The number of furan rings is 1. The Labute approximate surface area is 119 Å². The molecule has 116 valence electrons. The molecule has 1 aromatic rings. The minimum atomic E-state index is -3.86. The van der Waals surface area contributed by atoms with Gasteiger partial charge in [0.25, 0.3) is 10.0 Å². The second-order valence-corrected chi connectivity index (χ2v) is 9.45. The van der Waals surface area contributed by atoms with E-state index in [1.807, 2.05) is 0 Å². The van der Waals surface area contributed by atoms with Crippen molar-refractivity contribution in [1.82, 2.24) is 10.0 Å². The third-order valence-corrected chi connectivity index (χ3v) is 6.37. The van der Waals surface area contributed by atoms with Crippen LogP contribution in [0.1, 0.15) is 19.6 Å². The van der Waals surface area contributed by atoms with Gasteiger partial charge < -0.3 is 9.73 Å². The molecule has 0 radical (unpaired) electrons. The molecule has 0 aliphatic heterocycles. The first-order valence-electron chi connectivity index (χ1n) is 5.92. The second-order valence-electron chi connectivity index (χ2n) is 5.11.